The summed E-state index contributed by atoms with van der Waals surface area (Å²) < 4.78 is 5.33. The van der Waals surface area contributed by atoms with Crippen molar-refractivity contribution in [2.75, 3.05) is 26.3 Å². The highest BCUT2D eigenvalue weighted by atomic mass is 16.5. The van der Waals surface area contributed by atoms with Crippen LogP contribution in [0.1, 0.15) is 11.1 Å². The van der Waals surface area contributed by atoms with E-state index in [0.717, 1.165) is 11.1 Å². The Morgan fingerprint density at radius 3 is 2.12 bits per heavy atom. The molecule has 0 unspecified atom stereocenters. The van der Waals surface area contributed by atoms with Gasteiger partial charge >= 0.3 is 0 Å². The number of ether oxygens (including phenoxy) is 1. The number of nitrogens with zero attached hydrogens (tertiary/aromatic N) is 1. The van der Waals surface area contributed by atoms with Crippen LogP contribution < -0.4 is 5.32 Å². The maximum Gasteiger partial charge on any atom is 0.245 e. The fourth-order valence-electron chi connectivity index (χ4n) is 3.08. The highest BCUT2D eigenvalue weighted by molar-refractivity contribution is 5.88. The zero-order valence-electron chi connectivity index (χ0n) is 14.8. The smallest absolute Gasteiger partial charge is 0.245 e. The summed E-state index contributed by atoms with van der Waals surface area (Å²) in [6.07, 6.45) is 0.750. The Kier molecular flexibility index (Phi) is 6.39. The van der Waals surface area contributed by atoms with Crippen LogP contribution in [0.2, 0.25) is 0 Å². The van der Waals surface area contributed by atoms with Crippen LogP contribution in [0.4, 0.5) is 0 Å². The van der Waals surface area contributed by atoms with Gasteiger partial charge in [-0.3, -0.25) is 9.59 Å². The molecule has 1 fully saturated rings. The van der Waals surface area contributed by atoms with E-state index in [1.54, 1.807) is 4.90 Å². The van der Waals surface area contributed by atoms with Gasteiger partial charge in [-0.2, -0.15) is 0 Å². The summed E-state index contributed by atoms with van der Waals surface area (Å²) in [5.41, 5.74) is 1.96. The summed E-state index contributed by atoms with van der Waals surface area (Å²) in [4.78, 5) is 27.2. The van der Waals surface area contributed by atoms with Crippen LogP contribution in [0.25, 0.3) is 0 Å². The molecule has 2 aromatic carbocycles. The molecule has 0 spiro atoms. The van der Waals surface area contributed by atoms with E-state index in [4.69, 9.17) is 4.74 Å². The van der Waals surface area contributed by atoms with Gasteiger partial charge in [0.1, 0.15) is 6.04 Å². The van der Waals surface area contributed by atoms with Crippen LogP contribution in [-0.4, -0.2) is 49.1 Å². The van der Waals surface area contributed by atoms with E-state index < -0.39 is 6.04 Å². The molecule has 2 amide bonds. The first-order chi connectivity index (χ1) is 12.7. The van der Waals surface area contributed by atoms with Crippen molar-refractivity contribution in [1.82, 2.24) is 10.2 Å². The van der Waals surface area contributed by atoms with Crippen LogP contribution in [0.3, 0.4) is 0 Å². The second-order valence-electron chi connectivity index (χ2n) is 6.41. The number of carbonyl (C=O) groups excluding carboxylic acids is 2. The molecule has 1 saturated heterocycles. The molecule has 26 heavy (non-hydrogen) atoms. The van der Waals surface area contributed by atoms with Crippen LogP contribution in [-0.2, 0) is 27.2 Å². The minimum absolute atomic E-state index is 0.0430. The standard InChI is InChI=1S/C21H24N2O3/c24-20(16-18-9-5-2-6-10-18)22-19(15-17-7-3-1-4-8-17)21(25)23-11-13-26-14-12-23/h1-10,19H,11-16H2,(H,22,24)/t19-/m0/s1. The fraction of sp³-hybridized carbons (Fsp3) is 0.333. The summed E-state index contributed by atoms with van der Waals surface area (Å²) in [6, 6.07) is 18.8. The van der Waals surface area contributed by atoms with Crippen molar-refractivity contribution in [2.45, 2.75) is 18.9 Å². The lowest BCUT2D eigenvalue weighted by molar-refractivity contribution is -0.139. The van der Waals surface area contributed by atoms with Crippen molar-refractivity contribution in [1.29, 1.82) is 0 Å². The van der Waals surface area contributed by atoms with Gasteiger partial charge in [0.25, 0.3) is 0 Å². The number of benzene rings is 2. The van der Waals surface area contributed by atoms with Crippen molar-refractivity contribution in [2.24, 2.45) is 0 Å². The normalized spacial score (nSPS) is 15.3. The molecule has 0 radical (unpaired) electrons. The Hall–Kier alpha value is -2.66. The summed E-state index contributed by atoms with van der Waals surface area (Å²) in [5, 5.41) is 2.94. The largest absolute Gasteiger partial charge is 0.378 e. The molecule has 0 aromatic heterocycles. The van der Waals surface area contributed by atoms with Crippen molar-refractivity contribution < 1.29 is 14.3 Å². The van der Waals surface area contributed by atoms with Crippen molar-refractivity contribution >= 4 is 11.8 Å². The Labute approximate surface area is 154 Å². The average Bonchev–Trinajstić information content (AvgIpc) is 2.69. The van der Waals surface area contributed by atoms with E-state index in [9.17, 15) is 9.59 Å². The molecule has 3 rings (SSSR count). The molecule has 2 aromatic rings. The van der Waals surface area contributed by atoms with E-state index in [-0.39, 0.29) is 18.2 Å². The second-order valence-corrected chi connectivity index (χ2v) is 6.41. The summed E-state index contributed by atoms with van der Waals surface area (Å²) >= 11 is 0. The van der Waals surface area contributed by atoms with Gasteiger partial charge in [0.15, 0.2) is 0 Å². The first kappa shape index (κ1) is 18.1. The summed E-state index contributed by atoms with van der Waals surface area (Å²) in [6.45, 7) is 2.22. The second kappa shape index (κ2) is 9.15. The Morgan fingerprint density at radius 2 is 1.50 bits per heavy atom. The lowest BCUT2D eigenvalue weighted by Gasteiger charge is -2.31. The number of hydrogen-bond acceptors (Lipinski definition) is 3. The minimum Gasteiger partial charge on any atom is -0.378 e. The molecule has 5 nitrogen and oxygen atoms in total. The lowest BCUT2D eigenvalue weighted by Crippen LogP contribution is -2.52. The molecule has 0 saturated carbocycles. The van der Waals surface area contributed by atoms with Crippen LogP contribution in [0.15, 0.2) is 60.7 Å². The van der Waals surface area contributed by atoms with Crippen molar-refractivity contribution in [3.8, 4) is 0 Å². The van der Waals surface area contributed by atoms with Gasteiger partial charge in [0, 0.05) is 19.5 Å². The van der Waals surface area contributed by atoms with Crippen molar-refractivity contribution in [3.05, 3.63) is 71.8 Å². The molecule has 136 valence electrons. The average molecular weight is 352 g/mol. The van der Waals surface area contributed by atoms with Crippen LogP contribution >= 0.6 is 0 Å². The van der Waals surface area contributed by atoms with Gasteiger partial charge in [-0.1, -0.05) is 60.7 Å². The van der Waals surface area contributed by atoms with Gasteiger partial charge in [-0.25, -0.2) is 0 Å². The molecule has 1 aliphatic heterocycles. The Bertz CT molecular complexity index is 713. The number of carbonyl (C=O) groups is 2. The number of morpholine rings is 1. The molecular formula is C21H24N2O3. The van der Waals surface area contributed by atoms with Gasteiger partial charge in [-0.15, -0.1) is 0 Å². The molecule has 1 atom stereocenters. The third-order valence-corrected chi connectivity index (χ3v) is 4.45. The number of hydrogen-bond donors (Lipinski definition) is 1. The van der Waals surface area contributed by atoms with E-state index in [1.165, 1.54) is 0 Å². The highest BCUT2D eigenvalue weighted by Crippen LogP contribution is 2.09. The van der Waals surface area contributed by atoms with Gasteiger partial charge < -0.3 is 15.0 Å². The Morgan fingerprint density at radius 1 is 0.923 bits per heavy atom. The van der Waals surface area contributed by atoms with Gasteiger partial charge in [-0.05, 0) is 11.1 Å². The SMILES string of the molecule is O=C(Cc1ccccc1)N[C@@H](Cc1ccccc1)C(=O)N1CCOCC1. The number of amides is 2. The van der Waals surface area contributed by atoms with E-state index in [1.807, 2.05) is 60.7 Å². The van der Waals surface area contributed by atoms with E-state index in [2.05, 4.69) is 5.32 Å². The minimum atomic E-state index is -0.563. The molecule has 1 heterocycles. The first-order valence-corrected chi connectivity index (χ1v) is 8.96. The van der Waals surface area contributed by atoms with Gasteiger partial charge in [0.05, 0.1) is 19.6 Å². The lowest BCUT2D eigenvalue weighted by atomic mass is 10.0. The molecule has 5 heteroatoms. The molecule has 0 bridgehead atoms. The molecule has 1 aliphatic rings. The predicted molar refractivity (Wildman–Crippen MR) is 99.6 cm³/mol. The topological polar surface area (TPSA) is 58.6 Å². The maximum atomic E-state index is 12.9. The fourth-order valence-corrected chi connectivity index (χ4v) is 3.08. The number of rotatable bonds is 6. The summed E-state index contributed by atoms with van der Waals surface area (Å²) in [5.74, 6) is -0.183. The summed E-state index contributed by atoms with van der Waals surface area (Å²) in [7, 11) is 0. The molecular weight excluding hydrogens is 328 g/mol. The monoisotopic (exact) mass is 352 g/mol. The maximum absolute atomic E-state index is 12.9. The Balaban J connectivity index is 1.69. The zero-order valence-corrected chi connectivity index (χ0v) is 14.8. The van der Waals surface area contributed by atoms with Crippen molar-refractivity contribution in [3.63, 3.8) is 0 Å². The zero-order chi connectivity index (χ0) is 18.2. The number of nitrogens with one attached hydrogen (secondary N) is 1. The van der Waals surface area contributed by atoms with Gasteiger partial charge in [0.2, 0.25) is 11.8 Å². The quantitative estimate of drug-likeness (QED) is 0.863. The van der Waals surface area contributed by atoms with E-state index in [0.29, 0.717) is 32.7 Å². The molecule has 1 N–H and O–H groups in total. The third-order valence-electron chi connectivity index (χ3n) is 4.45. The predicted octanol–water partition coefficient (Wildman–Crippen LogP) is 1.82. The molecule has 0 aliphatic carbocycles. The highest BCUT2D eigenvalue weighted by Gasteiger charge is 2.27. The first-order valence-electron chi connectivity index (χ1n) is 8.96. The van der Waals surface area contributed by atoms with E-state index >= 15 is 0 Å². The third kappa shape index (κ3) is 5.17. The van der Waals surface area contributed by atoms with Crippen LogP contribution in [0, 0.1) is 0 Å². The van der Waals surface area contributed by atoms with Crippen LogP contribution in [0.5, 0.6) is 0 Å².